The number of nitrogens with two attached hydrogens (primary N) is 1. The van der Waals surface area contributed by atoms with Crippen LogP contribution in [0.1, 0.15) is 284 Å². The van der Waals surface area contributed by atoms with Crippen molar-refractivity contribution < 1.29 is 33.5 Å². The van der Waals surface area contributed by atoms with Crippen LogP contribution in [0.15, 0.2) is 0 Å². The van der Waals surface area contributed by atoms with Crippen LogP contribution < -0.4 is 11.1 Å². The van der Waals surface area contributed by atoms with E-state index in [0.717, 1.165) is 38.5 Å². The lowest BCUT2D eigenvalue weighted by atomic mass is 10.0. The van der Waals surface area contributed by atoms with E-state index < -0.39 is 32.0 Å². The van der Waals surface area contributed by atoms with Gasteiger partial charge in [-0.25, -0.2) is 4.57 Å². The Bertz CT molecular complexity index is 945. The molecule has 0 aromatic carbocycles. The molecule has 0 rings (SSSR count). The average molecular weight is 889 g/mol. The van der Waals surface area contributed by atoms with Crippen molar-refractivity contribution in [1.82, 2.24) is 5.32 Å². The Balaban J connectivity index is 4.09. The second-order valence-corrected chi connectivity index (χ2v) is 20.1. The molecular weight excluding hydrogens is 784 g/mol. The summed E-state index contributed by atoms with van der Waals surface area (Å²) < 4.78 is 22.3. The zero-order chi connectivity index (χ0) is 44.8. The Hall–Kier alpha value is -0.540. The van der Waals surface area contributed by atoms with Gasteiger partial charge in [-0.1, -0.05) is 264 Å². The monoisotopic (exact) mass is 889 g/mol. The summed E-state index contributed by atoms with van der Waals surface area (Å²) in [6.07, 6.45) is 50.1. The highest BCUT2D eigenvalue weighted by atomic mass is 31.2. The topological polar surface area (TPSA) is 151 Å². The summed E-state index contributed by atoms with van der Waals surface area (Å²) in [5.74, 6) is -0.405. The summed E-state index contributed by atoms with van der Waals surface area (Å²) >= 11 is 0. The molecule has 0 bridgehead atoms. The first kappa shape index (κ1) is 60.5. The highest BCUT2D eigenvalue weighted by molar-refractivity contribution is 7.47. The third-order valence-electron chi connectivity index (χ3n) is 12.5. The van der Waals surface area contributed by atoms with Crippen molar-refractivity contribution in [3.05, 3.63) is 0 Å². The molecule has 0 aliphatic rings. The van der Waals surface area contributed by atoms with E-state index >= 15 is 0 Å². The number of aliphatic hydroxyl groups is 2. The Kier molecular flexibility index (Phi) is 47.0. The Morgan fingerprint density at radius 3 is 1.10 bits per heavy atom. The van der Waals surface area contributed by atoms with Crippen molar-refractivity contribution >= 4 is 13.7 Å². The first-order chi connectivity index (χ1) is 29.8. The van der Waals surface area contributed by atoms with E-state index in [1.807, 2.05) is 0 Å². The third-order valence-corrected chi connectivity index (χ3v) is 13.5. The summed E-state index contributed by atoms with van der Waals surface area (Å²) in [6.45, 7) is 4.10. The molecule has 0 spiro atoms. The fourth-order valence-corrected chi connectivity index (χ4v) is 9.24. The van der Waals surface area contributed by atoms with Crippen molar-refractivity contribution in [2.24, 2.45) is 5.73 Å². The number of nitrogens with one attached hydrogen (secondary N) is 1. The van der Waals surface area contributed by atoms with E-state index in [9.17, 15) is 24.5 Å². The Morgan fingerprint density at radius 2 is 0.787 bits per heavy atom. The molecule has 4 atom stereocenters. The highest BCUT2D eigenvalue weighted by Gasteiger charge is 2.28. The summed E-state index contributed by atoms with van der Waals surface area (Å²) in [6, 6.07) is -0.892. The first-order valence-corrected chi connectivity index (χ1v) is 28.2. The van der Waals surface area contributed by atoms with Crippen LogP contribution in [0, 0.1) is 0 Å². The zero-order valence-corrected chi connectivity index (χ0v) is 41.4. The van der Waals surface area contributed by atoms with Crippen LogP contribution in [0.4, 0.5) is 0 Å². The highest BCUT2D eigenvalue weighted by Crippen LogP contribution is 2.43. The minimum Gasteiger partial charge on any atom is -0.393 e. The molecule has 0 radical (unpaired) electrons. The van der Waals surface area contributed by atoms with Crippen LogP contribution in [-0.4, -0.2) is 59.0 Å². The zero-order valence-electron chi connectivity index (χ0n) is 40.6. The molecule has 9 nitrogen and oxygen atoms in total. The third kappa shape index (κ3) is 45.8. The van der Waals surface area contributed by atoms with Crippen LogP contribution in [0.5, 0.6) is 0 Å². The fourth-order valence-electron chi connectivity index (χ4n) is 8.48. The molecule has 0 aliphatic heterocycles. The number of phosphoric acid groups is 1. The molecule has 0 heterocycles. The van der Waals surface area contributed by atoms with Crippen molar-refractivity contribution in [2.45, 2.75) is 302 Å². The fraction of sp³-hybridized carbons (Fsp3) is 0.980. The van der Waals surface area contributed by atoms with E-state index in [1.54, 1.807) is 0 Å². The summed E-state index contributed by atoms with van der Waals surface area (Å²) in [5, 5.41) is 24.4. The maximum atomic E-state index is 12.9. The van der Waals surface area contributed by atoms with Gasteiger partial charge in [0.05, 0.1) is 37.9 Å². The van der Waals surface area contributed by atoms with Crippen LogP contribution in [0.25, 0.3) is 0 Å². The van der Waals surface area contributed by atoms with E-state index in [1.165, 1.54) is 212 Å². The van der Waals surface area contributed by atoms with Gasteiger partial charge < -0.3 is 26.2 Å². The molecule has 1 amide bonds. The number of carbonyl (C=O) groups is 1. The van der Waals surface area contributed by atoms with Gasteiger partial charge in [0.15, 0.2) is 0 Å². The smallest absolute Gasteiger partial charge is 0.393 e. The molecule has 0 saturated heterocycles. The van der Waals surface area contributed by atoms with Crippen LogP contribution in [-0.2, 0) is 18.4 Å². The van der Waals surface area contributed by atoms with Gasteiger partial charge in [0, 0.05) is 6.54 Å². The molecule has 0 aliphatic carbocycles. The SMILES string of the molecule is CCCCCCCCCCCCCCCCCCCCCCC(O)C(COP(=O)(O)OCCN)NC(=O)CC(O)CCCCCCCCCCCCCCCCCCCCC. The van der Waals surface area contributed by atoms with E-state index in [0.29, 0.717) is 12.8 Å². The van der Waals surface area contributed by atoms with Gasteiger partial charge in [-0.05, 0) is 12.8 Å². The lowest BCUT2D eigenvalue weighted by Crippen LogP contribution is -2.47. The first-order valence-electron chi connectivity index (χ1n) is 26.7. The number of amides is 1. The van der Waals surface area contributed by atoms with Crippen LogP contribution >= 0.6 is 7.82 Å². The number of unbranched alkanes of at least 4 members (excludes halogenated alkanes) is 37. The van der Waals surface area contributed by atoms with Crippen LogP contribution in [0.3, 0.4) is 0 Å². The standard InChI is InChI=1S/C51H105N2O7P/c1-3-5-7-9-11-13-15-17-19-21-23-25-27-29-31-33-35-37-39-41-43-50(55)49(47-60-61(57,58)59-45-44-52)53-51(56)46-48(54)42-40-38-36-34-32-30-28-26-24-22-20-18-16-14-12-10-8-6-4-2/h48-50,54-55H,3-47,52H2,1-2H3,(H,53,56)(H,57,58). The lowest BCUT2D eigenvalue weighted by Gasteiger charge is -2.25. The van der Waals surface area contributed by atoms with Gasteiger partial charge in [-0.3, -0.25) is 13.8 Å². The Labute approximate surface area is 378 Å². The molecule has 366 valence electrons. The molecule has 10 heteroatoms. The van der Waals surface area contributed by atoms with Gasteiger partial charge >= 0.3 is 7.82 Å². The largest absolute Gasteiger partial charge is 0.472 e. The second kappa shape index (κ2) is 47.4. The summed E-state index contributed by atoms with van der Waals surface area (Å²) in [5.41, 5.74) is 5.39. The molecule has 0 fully saturated rings. The van der Waals surface area contributed by atoms with Crippen molar-refractivity contribution in [3.8, 4) is 0 Å². The van der Waals surface area contributed by atoms with Crippen molar-refractivity contribution in [1.29, 1.82) is 0 Å². The molecule has 0 saturated carbocycles. The number of hydrogen-bond acceptors (Lipinski definition) is 7. The number of phosphoric ester groups is 1. The van der Waals surface area contributed by atoms with Gasteiger partial charge in [0.1, 0.15) is 0 Å². The maximum absolute atomic E-state index is 12.9. The molecule has 61 heavy (non-hydrogen) atoms. The lowest BCUT2D eigenvalue weighted by molar-refractivity contribution is -0.125. The average Bonchev–Trinajstić information content (AvgIpc) is 3.24. The Morgan fingerprint density at radius 1 is 0.492 bits per heavy atom. The van der Waals surface area contributed by atoms with Crippen molar-refractivity contribution in [2.75, 3.05) is 19.8 Å². The van der Waals surface area contributed by atoms with Crippen molar-refractivity contribution in [3.63, 3.8) is 0 Å². The molecule has 4 unspecified atom stereocenters. The van der Waals surface area contributed by atoms with Gasteiger partial charge in [-0.15, -0.1) is 0 Å². The quantitative estimate of drug-likeness (QED) is 0.0299. The molecular formula is C51H105N2O7P. The van der Waals surface area contributed by atoms with Gasteiger partial charge in [0.25, 0.3) is 0 Å². The predicted molar refractivity (Wildman–Crippen MR) is 260 cm³/mol. The molecule has 0 aromatic rings. The van der Waals surface area contributed by atoms with E-state index in [-0.39, 0.29) is 26.2 Å². The number of aliphatic hydroxyl groups excluding tert-OH is 2. The van der Waals surface area contributed by atoms with Crippen LogP contribution in [0.2, 0.25) is 0 Å². The normalized spacial score (nSPS) is 14.3. The second-order valence-electron chi connectivity index (χ2n) is 18.6. The summed E-state index contributed by atoms with van der Waals surface area (Å²) in [7, 11) is -4.38. The van der Waals surface area contributed by atoms with E-state index in [2.05, 4.69) is 19.2 Å². The number of hydrogen-bond donors (Lipinski definition) is 5. The number of carbonyl (C=O) groups excluding carboxylic acids is 1. The minimum absolute atomic E-state index is 0.0630. The molecule has 0 aromatic heterocycles. The summed E-state index contributed by atoms with van der Waals surface area (Å²) in [4.78, 5) is 22.9. The molecule has 6 N–H and O–H groups in total. The maximum Gasteiger partial charge on any atom is 0.472 e. The number of rotatable bonds is 51. The minimum atomic E-state index is -4.38. The van der Waals surface area contributed by atoms with E-state index in [4.69, 9.17) is 14.8 Å². The van der Waals surface area contributed by atoms with Gasteiger partial charge in [-0.2, -0.15) is 0 Å². The van der Waals surface area contributed by atoms with Gasteiger partial charge in [0.2, 0.25) is 5.91 Å². The predicted octanol–water partition coefficient (Wildman–Crippen LogP) is 14.7.